The Morgan fingerprint density at radius 3 is 1.83 bits per heavy atom. The molecule has 0 N–H and O–H groups in total. The van der Waals surface area contributed by atoms with Crippen LogP contribution in [0.1, 0.15) is 76.7 Å². The number of benzene rings is 1. The zero-order chi connectivity index (χ0) is 16.8. The van der Waals surface area contributed by atoms with Crippen molar-refractivity contribution in [1.29, 1.82) is 0 Å². The molecule has 24 heavy (non-hydrogen) atoms. The minimum absolute atomic E-state index is 0.968. The molecule has 2 aliphatic carbocycles. The molecule has 0 bridgehead atoms. The zero-order valence-corrected chi connectivity index (χ0v) is 15.8. The lowest BCUT2D eigenvalue weighted by molar-refractivity contribution is 0.142. The lowest BCUT2D eigenvalue weighted by atomic mass is 9.68. The number of rotatable bonds is 6. The van der Waals surface area contributed by atoms with Crippen molar-refractivity contribution in [3.05, 3.63) is 29.8 Å². The first kappa shape index (κ1) is 17.8. The molecule has 0 aromatic heterocycles. The van der Waals surface area contributed by atoms with Crippen LogP contribution in [0.2, 0.25) is 0 Å². The van der Waals surface area contributed by atoms with Crippen molar-refractivity contribution in [3.63, 3.8) is 0 Å². The minimum atomic E-state index is 0.968. The first-order chi connectivity index (χ1) is 11.8. The Bertz CT molecular complexity index is 461. The largest absolute Gasteiger partial charge is 0.497 e. The van der Waals surface area contributed by atoms with E-state index in [1.807, 2.05) is 0 Å². The highest BCUT2D eigenvalue weighted by Gasteiger charge is 2.30. The van der Waals surface area contributed by atoms with E-state index in [1.54, 1.807) is 7.11 Å². The monoisotopic (exact) mass is 328 g/mol. The maximum atomic E-state index is 5.25. The van der Waals surface area contributed by atoms with E-state index in [4.69, 9.17) is 4.74 Å². The van der Waals surface area contributed by atoms with Crippen LogP contribution in [-0.2, 0) is 6.42 Å². The fraction of sp³-hybridized carbons (Fsp3) is 0.739. The van der Waals surface area contributed by atoms with E-state index in [9.17, 15) is 0 Å². The molecule has 1 nitrogen and oxygen atoms in total. The molecule has 0 atom stereocenters. The minimum Gasteiger partial charge on any atom is -0.497 e. The number of methoxy groups -OCH3 is 1. The Morgan fingerprint density at radius 1 is 0.792 bits per heavy atom. The van der Waals surface area contributed by atoms with Gasteiger partial charge in [-0.3, -0.25) is 0 Å². The normalized spacial score (nSPS) is 30.9. The van der Waals surface area contributed by atoms with E-state index in [0.29, 0.717) is 0 Å². The van der Waals surface area contributed by atoms with Crippen molar-refractivity contribution < 1.29 is 4.74 Å². The van der Waals surface area contributed by atoms with Crippen molar-refractivity contribution in [2.45, 2.75) is 77.6 Å². The molecule has 0 radical (unpaired) electrons. The van der Waals surface area contributed by atoms with Gasteiger partial charge in [0.15, 0.2) is 0 Å². The van der Waals surface area contributed by atoms with E-state index >= 15 is 0 Å². The number of hydrogen-bond acceptors (Lipinski definition) is 1. The Balaban J connectivity index is 1.37. The van der Waals surface area contributed by atoms with Gasteiger partial charge >= 0.3 is 0 Å². The van der Waals surface area contributed by atoms with Gasteiger partial charge in [0.1, 0.15) is 5.75 Å². The van der Waals surface area contributed by atoms with Crippen LogP contribution in [0, 0.1) is 23.7 Å². The molecule has 1 heteroatoms. The second-order valence-corrected chi connectivity index (χ2v) is 8.36. The van der Waals surface area contributed by atoms with E-state index in [1.165, 1.54) is 76.2 Å². The molecule has 2 fully saturated rings. The van der Waals surface area contributed by atoms with Crippen molar-refractivity contribution in [2.24, 2.45) is 23.7 Å². The molecule has 0 unspecified atom stereocenters. The summed E-state index contributed by atoms with van der Waals surface area (Å²) in [6.45, 7) is 2.37. The zero-order valence-electron chi connectivity index (χ0n) is 15.8. The average molecular weight is 329 g/mol. The summed E-state index contributed by atoms with van der Waals surface area (Å²) in [7, 11) is 1.74. The fourth-order valence-electron chi connectivity index (χ4n) is 5.18. The first-order valence-electron chi connectivity index (χ1n) is 10.4. The van der Waals surface area contributed by atoms with Crippen LogP contribution in [0.4, 0.5) is 0 Å². The average Bonchev–Trinajstić information content (AvgIpc) is 2.67. The van der Waals surface area contributed by atoms with Gasteiger partial charge < -0.3 is 4.74 Å². The predicted octanol–water partition coefficient (Wildman–Crippen LogP) is 6.65. The van der Waals surface area contributed by atoms with E-state index < -0.39 is 0 Å². The molecule has 2 saturated carbocycles. The van der Waals surface area contributed by atoms with Gasteiger partial charge in [-0.1, -0.05) is 51.2 Å². The highest BCUT2D eigenvalue weighted by molar-refractivity contribution is 5.27. The summed E-state index contributed by atoms with van der Waals surface area (Å²) >= 11 is 0. The van der Waals surface area contributed by atoms with Gasteiger partial charge in [-0.05, 0) is 79.9 Å². The van der Waals surface area contributed by atoms with Crippen LogP contribution in [0.5, 0.6) is 5.75 Å². The van der Waals surface area contributed by atoms with Crippen molar-refractivity contribution in [3.8, 4) is 5.75 Å². The Hall–Kier alpha value is -0.980. The molecule has 0 amide bonds. The molecule has 0 heterocycles. The van der Waals surface area contributed by atoms with Crippen molar-refractivity contribution in [2.75, 3.05) is 7.11 Å². The lowest BCUT2D eigenvalue weighted by Gasteiger charge is -2.37. The third-order valence-electron chi connectivity index (χ3n) is 7.03. The van der Waals surface area contributed by atoms with Gasteiger partial charge in [0.25, 0.3) is 0 Å². The Kier molecular flexibility index (Phi) is 6.63. The standard InChI is InChI=1S/C23H36O/c1-3-18-6-12-21(13-7-18)22-14-8-19(9-15-22)4-5-20-10-16-23(24-2)17-11-20/h10-11,16-19,21-22H,3-9,12-15H2,1-2H3/t18-,19-,21-,22-. The third kappa shape index (κ3) is 4.77. The maximum absolute atomic E-state index is 5.25. The maximum Gasteiger partial charge on any atom is 0.118 e. The van der Waals surface area contributed by atoms with Gasteiger partial charge in [-0.25, -0.2) is 0 Å². The van der Waals surface area contributed by atoms with Gasteiger partial charge in [0.2, 0.25) is 0 Å². The molecule has 0 aliphatic heterocycles. The third-order valence-corrected chi connectivity index (χ3v) is 7.03. The highest BCUT2D eigenvalue weighted by atomic mass is 16.5. The highest BCUT2D eigenvalue weighted by Crippen LogP contribution is 2.42. The van der Waals surface area contributed by atoms with Crippen LogP contribution in [0.15, 0.2) is 24.3 Å². The number of hydrogen-bond donors (Lipinski definition) is 0. The molecule has 134 valence electrons. The number of ether oxygens (including phenoxy) is 1. The van der Waals surface area contributed by atoms with Crippen LogP contribution in [0.25, 0.3) is 0 Å². The molecule has 1 aromatic carbocycles. The molecular weight excluding hydrogens is 292 g/mol. The molecule has 1 aromatic rings. The SMILES string of the molecule is CC[C@H]1CC[C@H]([C@H]2CC[C@H](CCc3ccc(OC)cc3)CC2)CC1. The second-order valence-electron chi connectivity index (χ2n) is 8.36. The Labute approximate surface area is 149 Å². The Morgan fingerprint density at radius 2 is 1.33 bits per heavy atom. The summed E-state index contributed by atoms with van der Waals surface area (Å²) in [4.78, 5) is 0. The summed E-state index contributed by atoms with van der Waals surface area (Å²) in [5.74, 6) is 5.10. The van der Waals surface area contributed by atoms with Crippen LogP contribution < -0.4 is 4.74 Å². The van der Waals surface area contributed by atoms with E-state index in [0.717, 1.165) is 29.4 Å². The quantitative estimate of drug-likeness (QED) is 0.568. The van der Waals surface area contributed by atoms with Crippen molar-refractivity contribution in [1.82, 2.24) is 0 Å². The van der Waals surface area contributed by atoms with Crippen LogP contribution in [-0.4, -0.2) is 7.11 Å². The molecule has 3 rings (SSSR count). The summed E-state index contributed by atoms with van der Waals surface area (Å²) in [5.41, 5.74) is 1.47. The van der Waals surface area contributed by atoms with E-state index in [-0.39, 0.29) is 0 Å². The van der Waals surface area contributed by atoms with Gasteiger partial charge in [-0.15, -0.1) is 0 Å². The van der Waals surface area contributed by atoms with Gasteiger partial charge in [-0.2, -0.15) is 0 Å². The molecular formula is C23H36O. The lowest BCUT2D eigenvalue weighted by Crippen LogP contribution is -2.25. The van der Waals surface area contributed by atoms with Crippen LogP contribution >= 0.6 is 0 Å². The smallest absolute Gasteiger partial charge is 0.118 e. The topological polar surface area (TPSA) is 9.23 Å². The first-order valence-corrected chi connectivity index (χ1v) is 10.4. The van der Waals surface area contributed by atoms with Crippen LogP contribution in [0.3, 0.4) is 0 Å². The fourth-order valence-corrected chi connectivity index (χ4v) is 5.18. The van der Waals surface area contributed by atoms with Crippen molar-refractivity contribution >= 4 is 0 Å². The summed E-state index contributed by atoms with van der Waals surface area (Å²) in [5, 5.41) is 0. The van der Waals surface area contributed by atoms with Gasteiger partial charge in [0.05, 0.1) is 7.11 Å². The molecule has 2 aliphatic rings. The summed E-state index contributed by atoms with van der Waals surface area (Å²) in [6, 6.07) is 8.66. The van der Waals surface area contributed by atoms with Gasteiger partial charge in [0, 0.05) is 0 Å². The summed E-state index contributed by atoms with van der Waals surface area (Å²) in [6.07, 6.45) is 16.1. The molecule has 0 spiro atoms. The second kappa shape index (κ2) is 8.92. The van der Waals surface area contributed by atoms with E-state index in [2.05, 4.69) is 31.2 Å². The summed E-state index contributed by atoms with van der Waals surface area (Å²) < 4.78 is 5.25. The number of aryl methyl sites for hydroxylation is 1. The molecule has 0 saturated heterocycles. The predicted molar refractivity (Wildman–Crippen MR) is 103 cm³/mol.